The molecule has 0 bridgehead atoms. The van der Waals surface area contributed by atoms with Gasteiger partial charge in [0.1, 0.15) is 0 Å². The molecule has 0 radical (unpaired) electrons. The van der Waals surface area contributed by atoms with Gasteiger partial charge in [-0.2, -0.15) is 17.5 Å². The van der Waals surface area contributed by atoms with Crippen molar-refractivity contribution in [2.75, 3.05) is 24.5 Å². The maximum atomic E-state index is 13.3. The zero-order valence-corrected chi connectivity index (χ0v) is 18.5. The maximum Gasteiger partial charge on any atom is 0.417 e. The number of fused-ring (bicyclic) bond motifs is 1. The van der Waals surface area contributed by atoms with Crippen molar-refractivity contribution in [3.8, 4) is 0 Å². The molecular weight excluding hydrogens is 441 g/mol. The Morgan fingerprint density at radius 2 is 1.72 bits per heavy atom. The second kappa shape index (κ2) is 8.51. The van der Waals surface area contributed by atoms with E-state index in [2.05, 4.69) is 6.07 Å². The maximum absolute atomic E-state index is 13.3. The van der Waals surface area contributed by atoms with Crippen molar-refractivity contribution in [2.24, 2.45) is 5.92 Å². The summed E-state index contributed by atoms with van der Waals surface area (Å²) in [5.74, 6) is -0.394. The number of halogens is 3. The van der Waals surface area contributed by atoms with Gasteiger partial charge in [-0.3, -0.25) is 4.79 Å². The molecule has 0 unspecified atom stereocenters. The van der Waals surface area contributed by atoms with Gasteiger partial charge in [0, 0.05) is 31.2 Å². The molecule has 0 N–H and O–H groups in total. The molecule has 2 aromatic rings. The first-order valence-corrected chi connectivity index (χ1v) is 12.1. The molecule has 0 spiro atoms. The van der Waals surface area contributed by atoms with Gasteiger partial charge in [0.15, 0.2) is 0 Å². The number of aryl methyl sites for hydroxylation is 2. The third kappa shape index (κ3) is 4.28. The molecule has 0 aromatic heterocycles. The Balaban J connectivity index is 1.49. The van der Waals surface area contributed by atoms with E-state index in [1.54, 1.807) is 4.90 Å². The molecule has 172 valence electrons. The molecular formula is C23H25F3N2O3S. The molecule has 32 heavy (non-hydrogen) atoms. The van der Waals surface area contributed by atoms with E-state index in [-0.39, 0.29) is 37.8 Å². The first-order valence-electron chi connectivity index (χ1n) is 10.7. The summed E-state index contributed by atoms with van der Waals surface area (Å²) in [6.07, 6.45) is -2.43. The number of rotatable bonds is 3. The summed E-state index contributed by atoms with van der Waals surface area (Å²) in [5, 5.41) is 0. The number of nitrogens with zero attached hydrogens (tertiary/aromatic N) is 2. The first kappa shape index (κ1) is 22.8. The number of hydrogen-bond acceptors (Lipinski definition) is 3. The Labute approximate surface area is 185 Å². The lowest BCUT2D eigenvalue weighted by Crippen LogP contribution is -2.46. The highest BCUT2D eigenvalue weighted by Gasteiger charge is 2.40. The van der Waals surface area contributed by atoms with Crippen molar-refractivity contribution in [2.45, 2.75) is 43.7 Å². The quantitative estimate of drug-likeness (QED) is 0.674. The van der Waals surface area contributed by atoms with Gasteiger partial charge < -0.3 is 4.90 Å². The van der Waals surface area contributed by atoms with Crippen molar-refractivity contribution < 1.29 is 26.4 Å². The van der Waals surface area contributed by atoms with Crippen molar-refractivity contribution in [3.63, 3.8) is 0 Å². The van der Waals surface area contributed by atoms with Crippen LogP contribution in [-0.2, 0) is 27.4 Å². The van der Waals surface area contributed by atoms with Crippen LogP contribution < -0.4 is 4.90 Å². The highest BCUT2D eigenvalue weighted by Crippen LogP contribution is 2.37. The fourth-order valence-corrected chi connectivity index (χ4v) is 6.27. The smallest absolute Gasteiger partial charge is 0.312 e. The number of carbonyl (C=O) groups is 1. The third-order valence-corrected chi connectivity index (χ3v) is 8.19. The van der Waals surface area contributed by atoms with Crippen molar-refractivity contribution in [1.82, 2.24) is 4.31 Å². The highest BCUT2D eigenvalue weighted by molar-refractivity contribution is 7.89. The lowest BCUT2D eigenvalue weighted by atomic mass is 9.93. The zero-order valence-electron chi connectivity index (χ0n) is 17.7. The van der Waals surface area contributed by atoms with Crippen LogP contribution in [0.5, 0.6) is 0 Å². The normalized spacial score (nSPS) is 18.4. The molecule has 1 saturated heterocycles. The number of carbonyl (C=O) groups excluding carboxylic acids is 1. The molecule has 2 aliphatic rings. The Bertz CT molecular complexity index is 1120. The van der Waals surface area contributed by atoms with Crippen molar-refractivity contribution in [3.05, 3.63) is 59.2 Å². The summed E-state index contributed by atoms with van der Waals surface area (Å²) < 4.78 is 67.0. The van der Waals surface area contributed by atoms with Gasteiger partial charge in [0.05, 0.1) is 10.5 Å². The van der Waals surface area contributed by atoms with Crippen LogP contribution in [0.2, 0.25) is 0 Å². The van der Waals surface area contributed by atoms with E-state index in [1.165, 1.54) is 12.1 Å². The molecule has 2 aliphatic heterocycles. The standard InChI is InChI=1S/C23H25F3N2O3S/c1-16-8-9-20-18(15-16)5-4-12-28(20)22(29)17-10-13-27(14-11-17)32(30,31)21-7-3-2-6-19(21)23(24,25)26/h2-3,6-9,15,17H,4-5,10-14H2,1H3. The van der Waals surface area contributed by atoms with Gasteiger partial charge in [-0.25, -0.2) is 8.42 Å². The van der Waals surface area contributed by atoms with E-state index in [9.17, 15) is 26.4 Å². The molecule has 0 aliphatic carbocycles. The number of sulfonamides is 1. The molecule has 2 aromatic carbocycles. The van der Waals surface area contributed by atoms with Crippen LogP contribution in [0, 0.1) is 12.8 Å². The fraction of sp³-hybridized carbons (Fsp3) is 0.435. The van der Waals surface area contributed by atoms with E-state index in [1.807, 2.05) is 19.1 Å². The van der Waals surface area contributed by atoms with Gasteiger partial charge in [0.25, 0.3) is 0 Å². The Morgan fingerprint density at radius 1 is 1.03 bits per heavy atom. The van der Waals surface area contributed by atoms with E-state index < -0.39 is 26.7 Å². The number of amides is 1. The second-order valence-electron chi connectivity index (χ2n) is 8.40. The molecule has 2 heterocycles. The second-order valence-corrected chi connectivity index (χ2v) is 10.3. The van der Waals surface area contributed by atoms with Gasteiger partial charge in [-0.05, 0) is 56.4 Å². The van der Waals surface area contributed by atoms with Crippen LogP contribution in [0.25, 0.3) is 0 Å². The molecule has 4 rings (SSSR count). The predicted octanol–water partition coefficient (Wildman–Crippen LogP) is 4.39. The van der Waals surface area contributed by atoms with Gasteiger partial charge in [0.2, 0.25) is 15.9 Å². The van der Waals surface area contributed by atoms with Gasteiger partial charge in [-0.15, -0.1) is 0 Å². The van der Waals surface area contributed by atoms with Crippen LogP contribution in [0.4, 0.5) is 18.9 Å². The minimum Gasteiger partial charge on any atom is -0.312 e. The van der Waals surface area contributed by atoms with Gasteiger partial charge >= 0.3 is 6.18 Å². The topological polar surface area (TPSA) is 57.7 Å². The fourth-order valence-electron chi connectivity index (χ4n) is 4.58. The number of piperidine rings is 1. The summed E-state index contributed by atoms with van der Waals surface area (Å²) in [5.41, 5.74) is 2.00. The summed E-state index contributed by atoms with van der Waals surface area (Å²) in [7, 11) is -4.31. The minimum atomic E-state index is -4.77. The van der Waals surface area contributed by atoms with Crippen LogP contribution >= 0.6 is 0 Å². The molecule has 0 atom stereocenters. The lowest BCUT2D eigenvalue weighted by molar-refractivity contribution is -0.139. The molecule has 0 saturated carbocycles. The van der Waals surface area contributed by atoms with E-state index in [4.69, 9.17) is 0 Å². The van der Waals surface area contributed by atoms with Crippen LogP contribution in [-0.4, -0.2) is 38.3 Å². The van der Waals surface area contributed by atoms with E-state index in [0.717, 1.165) is 46.1 Å². The average molecular weight is 467 g/mol. The van der Waals surface area contributed by atoms with Crippen molar-refractivity contribution >= 4 is 21.6 Å². The Morgan fingerprint density at radius 3 is 2.41 bits per heavy atom. The minimum absolute atomic E-state index is 0.0134. The number of hydrogen-bond donors (Lipinski definition) is 0. The largest absolute Gasteiger partial charge is 0.417 e. The summed E-state index contributed by atoms with van der Waals surface area (Å²) in [6, 6.07) is 10.2. The summed E-state index contributed by atoms with van der Waals surface area (Å²) >= 11 is 0. The zero-order chi connectivity index (χ0) is 23.1. The highest BCUT2D eigenvalue weighted by atomic mass is 32.2. The van der Waals surface area contributed by atoms with E-state index in [0.29, 0.717) is 6.54 Å². The summed E-state index contributed by atoms with van der Waals surface area (Å²) in [6.45, 7) is 2.65. The summed E-state index contributed by atoms with van der Waals surface area (Å²) in [4.78, 5) is 14.3. The Hall–Kier alpha value is -2.39. The predicted molar refractivity (Wildman–Crippen MR) is 115 cm³/mol. The molecule has 1 fully saturated rings. The third-order valence-electron chi connectivity index (χ3n) is 6.23. The number of anilines is 1. The number of alkyl halides is 3. The Kier molecular flexibility index (Phi) is 6.06. The van der Waals surface area contributed by atoms with E-state index >= 15 is 0 Å². The van der Waals surface area contributed by atoms with Crippen LogP contribution in [0.1, 0.15) is 36.0 Å². The lowest BCUT2D eigenvalue weighted by Gasteiger charge is -2.36. The van der Waals surface area contributed by atoms with Gasteiger partial charge in [-0.1, -0.05) is 29.8 Å². The van der Waals surface area contributed by atoms with Crippen molar-refractivity contribution in [1.29, 1.82) is 0 Å². The monoisotopic (exact) mass is 466 g/mol. The molecule has 9 heteroatoms. The SMILES string of the molecule is Cc1ccc2c(c1)CCCN2C(=O)C1CCN(S(=O)(=O)c2ccccc2C(F)(F)F)CC1. The molecule has 1 amide bonds. The van der Waals surface area contributed by atoms with Crippen LogP contribution in [0.3, 0.4) is 0 Å². The first-order chi connectivity index (χ1) is 15.1. The average Bonchev–Trinajstić information content (AvgIpc) is 2.77. The molecule has 5 nitrogen and oxygen atoms in total. The van der Waals surface area contributed by atoms with Crippen LogP contribution in [0.15, 0.2) is 47.4 Å². The number of benzene rings is 2.